The average molecular weight is 360 g/mol. The van der Waals surface area contributed by atoms with Crippen LogP contribution in [0.1, 0.15) is 5.56 Å². The van der Waals surface area contributed by atoms with Gasteiger partial charge in [-0.2, -0.15) is 0 Å². The summed E-state index contributed by atoms with van der Waals surface area (Å²) in [5.41, 5.74) is 0.824. The van der Waals surface area contributed by atoms with Gasteiger partial charge >= 0.3 is 0 Å². The topological polar surface area (TPSA) is 46.6 Å². The molecule has 4 nitrogen and oxygen atoms in total. The minimum Gasteiger partial charge on any atom is -0.492 e. The SMILES string of the molecule is O=C1S/C(=C\c2ccc(Cl)cc2)C(=O)N1CCOc1ccccc1. The number of amides is 2. The van der Waals surface area contributed by atoms with Crippen LogP contribution in [-0.4, -0.2) is 29.2 Å². The number of para-hydroxylation sites is 1. The minimum absolute atomic E-state index is 0.220. The third-order valence-electron chi connectivity index (χ3n) is 3.37. The third-order valence-corrected chi connectivity index (χ3v) is 4.53. The molecule has 0 saturated carbocycles. The van der Waals surface area contributed by atoms with Crippen molar-refractivity contribution in [1.82, 2.24) is 4.90 Å². The number of rotatable bonds is 5. The molecule has 1 aliphatic rings. The van der Waals surface area contributed by atoms with Crippen LogP contribution in [0.3, 0.4) is 0 Å². The van der Waals surface area contributed by atoms with Crippen LogP contribution < -0.4 is 4.74 Å². The number of benzene rings is 2. The van der Waals surface area contributed by atoms with Gasteiger partial charge in [0, 0.05) is 5.02 Å². The van der Waals surface area contributed by atoms with E-state index in [0.29, 0.717) is 15.7 Å². The second-order valence-electron chi connectivity index (χ2n) is 5.05. The maximum Gasteiger partial charge on any atom is 0.293 e. The van der Waals surface area contributed by atoms with Gasteiger partial charge < -0.3 is 4.74 Å². The van der Waals surface area contributed by atoms with Crippen LogP contribution in [0, 0.1) is 0 Å². The summed E-state index contributed by atoms with van der Waals surface area (Å²) in [4.78, 5) is 26.0. The summed E-state index contributed by atoms with van der Waals surface area (Å²) in [6, 6.07) is 16.4. The fourth-order valence-electron chi connectivity index (χ4n) is 2.17. The number of ether oxygens (including phenoxy) is 1. The molecule has 3 rings (SSSR count). The van der Waals surface area contributed by atoms with E-state index in [-0.39, 0.29) is 24.3 Å². The highest BCUT2D eigenvalue weighted by molar-refractivity contribution is 8.18. The summed E-state index contributed by atoms with van der Waals surface area (Å²) >= 11 is 6.78. The number of hydrogen-bond acceptors (Lipinski definition) is 4. The van der Waals surface area contributed by atoms with E-state index in [2.05, 4.69) is 0 Å². The van der Waals surface area contributed by atoms with Crippen LogP contribution in [0.15, 0.2) is 59.5 Å². The van der Waals surface area contributed by atoms with Crippen molar-refractivity contribution in [2.24, 2.45) is 0 Å². The van der Waals surface area contributed by atoms with E-state index in [9.17, 15) is 9.59 Å². The molecule has 0 atom stereocenters. The van der Waals surface area contributed by atoms with Gasteiger partial charge in [0.25, 0.3) is 11.1 Å². The quantitative estimate of drug-likeness (QED) is 0.740. The summed E-state index contributed by atoms with van der Waals surface area (Å²) in [6.45, 7) is 0.480. The standard InChI is InChI=1S/C18H14ClNO3S/c19-14-8-6-13(7-9-14)12-16-17(21)20(18(22)24-16)10-11-23-15-4-2-1-3-5-15/h1-9,12H,10-11H2/b16-12-. The molecule has 1 fully saturated rings. The summed E-state index contributed by atoms with van der Waals surface area (Å²) in [5.74, 6) is 0.415. The van der Waals surface area contributed by atoms with Crippen molar-refractivity contribution in [3.8, 4) is 5.75 Å². The van der Waals surface area contributed by atoms with Gasteiger partial charge in [-0.15, -0.1) is 0 Å². The van der Waals surface area contributed by atoms with Crippen LogP contribution in [0.2, 0.25) is 5.02 Å². The first kappa shape index (κ1) is 16.6. The van der Waals surface area contributed by atoms with Crippen LogP contribution in [-0.2, 0) is 4.79 Å². The minimum atomic E-state index is -0.295. The second-order valence-corrected chi connectivity index (χ2v) is 6.48. The summed E-state index contributed by atoms with van der Waals surface area (Å²) in [5, 5.41) is 0.343. The summed E-state index contributed by atoms with van der Waals surface area (Å²) in [6.07, 6.45) is 1.69. The van der Waals surface area contributed by atoms with Gasteiger partial charge in [-0.05, 0) is 47.7 Å². The fourth-order valence-corrected chi connectivity index (χ4v) is 3.17. The van der Waals surface area contributed by atoms with Gasteiger partial charge in [-0.1, -0.05) is 41.9 Å². The summed E-state index contributed by atoms with van der Waals surface area (Å²) < 4.78 is 5.54. The highest BCUT2D eigenvalue weighted by atomic mass is 35.5. The van der Waals surface area contributed by atoms with Crippen molar-refractivity contribution in [2.75, 3.05) is 13.2 Å². The first-order valence-corrected chi connectivity index (χ1v) is 8.52. The Labute approximate surface area is 149 Å². The van der Waals surface area contributed by atoms with Crippen LogP contribution in [0.5, 0.6) is 5.75 Å². The molecule has 0 bridgehead atoms. The zero-order chi connectivity index (χ0) is 16.9. The molecule has 2 aromatic carbocycles. The van der Waals surface area contributed by atoms with E-state index >= 15 is 0 Å². The van der Waals surface area contributed by atoms with E-state index in [1.54, 1.807) is 30.3 Å². The van der Waals surface area contributed by atoms with Crippen molar-refractivity contribution >= 4 is 40.6 Å². The molecular formula is C18H14ClNO3S. The lowest BCUT2D eigenvalue weighted by atomic mass is 10.2. The highest BCUT2D eigenvalue weighted by Gasteiger charge is 2.34. The van der Waals surface area contributed by atoms with E-state index in [1.165, 1.54) is 4.90 Å². The molecule has 0 unspecified atom stereocenters. The molecule has 24 heavy (non-hydrogen) atoms. The van der Waals surface area contributed by atoms with Gasteiger partial charge in [0.1, 0.15) is 12.4 Å². The smallest absolute Gasteiger partial charge is 0.293 e. The Morgan fingerprint density at radius 3 is 2.46 bits per heavy atom. The third kappa shape index (κ3) is 3.99. The Kier molecular flexibility index (Phi) is 5.23. The van der Waals surface area contributed by atoms with Crippen molar-refractivity contribution in [2.45, 2.75) is 0 Å². The molecule has 0 spiro atoms. The lowest BCUT2D eigenvalue weighted by Gasteiger charge is -2.13. The Balaban J connectivity index is 1.62. The normalized spacial score (nSPS) is 16.0. The first-order valence-electron chi connectivity index (χ1n) is 7.32. The monoisotopic (exact) mass is 359 g/mol. The predicted octanol–water partition coefficient (Wildman–Crippen LogP) is 4.46. The molecule has 0 aliphatic carbocycles. The van der Waals surface area contributed by atoms with Crippen LogP contribution in [0.4, 0.5) is 4.79 Å². The number of carbonyl (C=O) groups is 2. The zero-order valence-corrected chi connectivity index (χ0v) is 14.2. The molecule has 1 saturated heterocycles. The second kappa shape index (κ2) is 7.55. The van der Waals surface area contributed by atoms with Crippen molar-refractivity contribution in [3.05, 3.63) is 70.1 Å². The zero-order valence-electron chi connectivity index (χ0n) is 12.6. The molecule has 0 radical (unpaired) electrons. The Morgan fingerprint density at radius 2 is 1.75 bits per heavy atom. The van der Waals surface area contributed by atoms with Gasteiger partial charge in [-0.25, -0.2) is 0 Å². The highest BCUT2D eigenvalue weighted by Crippen LogP contribution is 2.32. The van der Waals surface area contributed by atoms with Gasteiger partial charge in [0.05, 0.1) is 11.4 Å². The lowest BCUT2D eigenvalue weighted by Crippen LogP contribution is -2.32. The maximum atomic E-state index is 12.4. The van der Waals surface area contributed by atoms with Gasteiger partial charge in [-0.3, -0.25) is 14.5 Å². The molecule has 2 aromatic rings. The van der Waals surface area contributed by atoms with Gasteiger partial charge in [0.15, 0.2) is 0 Å². The molecule has 122 valence electrons. The summed E-state index contributed by atoms with van der Waals surface area (Å²) in [7, 11) is 0. The average Bonchev–Trinajstić information content (AvgIpc) is 2.85. The molecule has 0 aromatic heterocycles. The fraction of sp³-hybridized carbons (Fsp3) is 0.111. The largest absolute Gasteiger partial charge is 0.492 e. The van der Waals surface area contributed by atoms with Crippen molar-refractivity contribution in [3.63, 3.8) is 0 Å². The van der Waals surface area contributed by atoms with E-state index in [4.69, 9.17) is 16.3 Å². The van der Waals surface area contributed by atoms with E-state index in [1.807, 2.05) is 30.3 Å². The van der Waals surface area contributed by atoms with E-state index < -0.39 is 0 Å². The molecular weight excluding hydrogens is 346 g/mol. The molecule has 1 aliphatic heterocycles. The van der Waals surface area contributed by atoms with Crippen molar-refractivity contribution in [1.29, 1.82) is 0 Å². The van der Waals surface area contributed by atoms with Crippen molar-refractivity contribution < 1.29 is 14.3 Å². The number of imide groups is 1. The molecule has 0 N–H and O–H groups in total. The maximum absolute atomic E-state index is 12.4. The first-order chi connectivity index (χ1) is 11.6. The Hall–Kier alpha value is -2.24. The number of hydrogen-bond donors (Lipinski definition) is 0. The van der Waals surface area contributed by atoms with Crippen LogP contribution >= 0.6 is 23.4 Å². The predicted molar refractivity (Wildman–Crippen MR) is 96.1 cm³/mol. The number of nitrogens with zero attached hydrogens (tertiary/aromatic N) is 1. The molecule has 6 heteroatoms. The Morgan fingerprint density at radius 1 is 1.04 bits per heavy atom. The molecule has 2 amide bonds. The number of thioether (sulfide) groups is 1. The van der Waals surface area contributed by atoms with Gasteiger partial charge in [0.2, 0.25) is 0 Å². The number of halogens is 1. The van der Waals surface area contributed by atoms with E-state index in [0.717, 1.165) is 17.3 Å². The Bertz CT molecular complexity index is 775. The lowest BCUT2D eigenvalue weighted by molar-refractivity contribution is -0.123. The number of carbonyl (C=O) groups excluding carboxylic acids is 2. The van der Waals surface area contributed by atoms with Crippen LogP contribution in [0.25, 0.3) is 6.08 Å². The molecule has 1 heterocycles.